The number of alkyl carbamates (subject to hydrolysis) is 1. The fraction of sp³-hybridized carbons (Fsp3) is 0.650. The zero-order valence-electron chi connectivity index (χ0n) is 16.4. The van der Waals surface area contributed by atoms with Gasteiger partial charge in [0.05, 0.1) is 32.5 Å². The Morgan fingerprint density at radius 1 is 1.37 bits per heavy atom. The van der Waals surface area contributed by atoms with Gasteiger partial charge in [-0.25, -0.2) is 4.79 Å². The third-order valence-electron chi connectivity index (χ3n) is 4.13. The smallest absolute Gasteiger partial charge is 0.407 e. The summed E-state index contributed by atoms with van der Waals surface area (Å²) in [5.41, 5.74) is 0.551. The highest BCUT2D eigenvalue weighted by Gasteiger charge is 2.27. The molecule has 1 amide bonds. The van der Waals surface area contributed by atoms with E-state index in [4.69, 9.17) is 25.8 Å². The van der Waals surface area contributed by atoms with Crippen LogP contribution in [-0.4, -0.2) is 67.5 Å². The van der Waals surface area contributed by atoms with E-state index in [1.54, 1.807) is 0 Å². The lowest BCUT2D eigenvalue weighted by Gasteiger charge is -2.37. The van der Waals surface area contributed by atoms with Crippen molar-refractivity contribution in [3.8, 4) is 0 Å². The number of hydrogen-bond acceptors (Lipinski definition) is 5. The van der Waals surface area contributed by atoms with Crippen molar-refractivity contribution in [1.82, 2.24) is 10.2 Å². The summed E-state index contributed by atoms with van der Waals surface area (Å²) in [7, 11) is 0. The van der Waals surface area contributed by atoms with Crippen molar-refractivity contribution in [3.05, 3.63) is 35.9 Å². The van der Waals surface area contributed by atoms with Crippen LogP contribution in [0.3, 0.4) is 0 Å². The quantitative estimate of drug-likeness (QED) is 0.682. The normalized spacial score (nSPS) is 19.5. The van der Waals surface area contributed by atoms with Gasteiger partial charge >= 0.3 is 6.09 Å². The first-order chi connectivity index (χ1) is 12.9. The van der Waals surface area contributed by atoms with Crippen molar-refractivity contribution in [3.63, 3.8) is 0 Å². The first-order valence-electron chi connectivity index (χ1n) is 9.36. The van der Waals surface area contributed by atoms with Crippen molar-refractivity contribution in [1.29, 1.82) is 0 Å². The number of nitrogens with zero attached hydrogens (tertiary/aromatic N) is 1. The standard InChI is InChI=1S/C20H31ClN2O4/c1-20(2,3)27-19(24)22-17(12-23-9-10-25-15-18(23)11-21)14-26-13-16-7-5-4-6-8-16/h4-8,17-18H,9-15H2,1-3H3,(H,22,24)/t17-,18-/m0/s1. The van der Waals surface area contributed by atoms with Crippen molar-refractivity contribution >= 4 is 17.7 Å². The number of halogens is 1. The lowest BCUT2D eigenvalue weighted by atomic mass is 10.2. The Morgan fingerprint density at radius 2 is 2.11 bits per heavy atom. The number of benzene rings is 1. The fourth-order valence-electron chi connectivity index (χ4n) is 2.86. The van der Waals surface area contributed by atoms with E-state index < -0.39 is 11.7 Å². The maximum absolute atomic E-state index is 12.2. The summed E-state index contributed by atoms with van der Waals surface area (Å²) in [6.07, 6.45) is -0.438. The van der Waals surface area contributed by atoms with Crippen LogP contribution >= 0.6 is 11.6 Å². The Labute approximate surface area is 167 Å². The van der Waals surface area contributed by atoms with Gasteiger partial charge in [-0.1, -0.05) is 30.3 Å². The van der Waals surface area contributed by atoms with Gasteiger partial charge in [0.1, 0.15) is 5.60 Å². The second kappa shape index (κ2) is 10.9. The predicted molar refractivity (Wildman–Crippen MR) is 106 cm³/mol. The highest BCUT2D eigenvalue weighted by molar-refractivity contribution is 6.18. The monoisotopic (exact) mass is 398 g/mol. The van der Waals surface area contributed by atoms with Gasteiger partial charge in [0, 0.05) is 25.0 Å². The number of amides is 1. The molecule has 1 aliphatic rings. The first-order valence-corrected chi connectivity index (χ1v) is 9.90. The molecule has 152 valence electrons. The molecule has 0 aliphatic carbocycles. The van der Waals surface area contributed by atoms with E-state index >= 15 is 0 Å². The molecule has 1 fully saturated rings. The highest BCUT2D eigenvalue weighted by Crippen LogP contribution is 2.11. The number of morpholine rings is 1. The molecule has 1 aliphatic heterocycles. The number of alkyl halides is 1. The maximum Gasteiger partial charge on any atom is 0.407 e. The summed E-state index contributed by atoms with van der Waals surface area (Å²) in [5, 5.41) is 2.94. The number of carbonyl (C=O) groups excluding carboxylic acids is 1. The highest BCUT2D eigenvalue weighted by atomic mass is 35.5. The molecule has 1 aromatic rings. The van der Waals surface area contributed by atoms with Crippen LogP contribution in [0.15, 0.2) is 30.3 Å². The van der Waals surface area contributed by atoms with Crippen LogP contribution in [0.1, 0.15) is 26.3 Å². The van der Waals surface area contributed by atoms with Crippen LogP contribution in [-0.2, 0) is 20.8 Å². The van der Waals surface area contributed by atoms with Gasteiger partial charge in [0.15, 0.2) is 0 Å². The summed E-state index contributed by atoms with van der Waals surface area (Å²) in [4.78, 5) is 14.5. The van der Waals surface area contributed by atoms with E-state index in [9.17, 15) is 4.79 Å². The molecule has 1 aromatic carbocycles. The number of nitrogens with one attached hydrogen (secondary N) is 1. The van der Waals surface area contributed by atoms with E-state index in [0.29, 0.717) is 38.9 Å². The fourth-order valence-corrected chi connectivity index (χ4v) is 3.15. The Hall–Kier alpha value is -1.34. The Morgan fingerprint density at radius 3 is 2.78 bits per heavy atom. The summed E-state index contributed by atoms with van der Waals surface area (Å²) in [6, 6.07) is 9.90. The SMILES string of the molecule is CC(C)(C)OC(=O)N[C@H](COCc1ccccc1)CN1CCOC[C@@H]1CCl. The minimum absolute atomic E-state index is 0.137. The van der Waals surface area contributed by atoms with Gasteiger partial charge in [-0.2, -0.15) is 0 Å². The van der Waals surface area contributed by atoms with Gasteiger partial charge < -0.3 is 19.5 Å². The number of rotatable bonds is 8. The van der Waals surface area contributed by atoms with Gasteiger partial charge in [-0.3, -0.25) is 4.90 Å². The van der Waals surface area contributed by atoms with Crippen LogP contribution < -0.4 is 5.32 Å². The minimum atomic E-state index is -0.544. The lowest BCUT2D eigenvalue weighted by Crippen LogP contribution is -2.54. The van der Waals surface area contributed by atoms with Crippen LogP contribution in [0.4, 0.5) is 4.79 Å². The molecule has 1 heterocycles. The summed E-state index contributed by atoms with van der Waals surface area (Å²) < 4.78 is 16.8. The molecular formula is C20H31ClN2O4. The largest absolute Gasteiger partial charge is 0.444 e. The summed E-state index contributed by atoms with van der Waals surface area (Å²) in [5.74, 6) is 0.490. The molecule has 0 spiro atoms. The predicted octanol–water partition coefficient (Wildman–Crippen LogP) is 3.04. The van der Waals surface area contributed by atoms with Crippen molar-refractivity contribution in [2.75, 3.05) is 38.8 Å². The molecule has 1 N–H and O–H groups in total. The third-order valence-corrected chi connectivity index (χ3v) is 4.49. The van der Waals surface area contributed by atoms with Crippen LogP contribution in [0, 0.1) is 0 Å². The number of hydrogen-bond donors (Lipinski definition) is 1. The molecular weight excluding hydrogens is 368 g/mol. The number of ether oxygens (including phenoxy) is 3. The topological polar surface area (TPSA) is 60.0 Å². The van der Waals surface area contributed by atoms with Crippen molar-refractivity contribution < 1.29 is 19.0 Å². The molecule has 27 heavy (non-hydrogen) atoms. The van der Waals surface area contributed by atoms with Crippen molar-refractivity contribution in [2.24, 2.45) is 0 Å². The van der Waals surface area contributed by atoms with Crippen LogP contribution in [0.5, 0.6) is 0 Å². The first kappa shape index (κ1) is 22.0. The maximum atomic E-state index is 12.2. The second-order valence-corrected chi connectivity index (χ2v) is 8.03. The molecule has 0 radical (unpaired) electrons. The average Bonchev–Trinajstić information content (AvgIpc) is 2.61. The van der Waals surface area contributed by atoms with Gasteiger partial charge in [0.2, 0.25) is 0 Å². The Bertz CT molecular complexity index is 565. The number of carbonyl (C=O) groups is 1. The van der Waals surface area contributed by atoms with E-state index in [0.717, 1.165) is 12.1 Å². The summed E-state index contributed by atoms with van der Waals surface area (Å²) in [6.45, 7) is 9.11. The molecule has 6 nitrogen and oxygen atoms in total. The Balaban J connectivity index is 1.93. The van der Waals surface area contributed by atoms with E-state index in [1.807, 2.05) is 51.1 Å². The van der Waals surface area contributed by atoms with E-state index in [2.05, 4.69) is 10.2 Å². The summed E-state index contributed by atoms with van der Waals surface area (Å²) >= 11 is 6.07. The van der Waals surface area contributed by atoms with E-state index in [-0.39, 0.29) is 12.1 Å². The molecule has 2 rings (SSSR count). The van der Waals surface area contributed by atoms with E-state index in [1.165, 1.54) is 0 Å². The molecule has 7 heteroatoms. The molecule has 2 atom stereocenters. The van der Waals surface area contributed by atoms with Crippen molar-refractivity contribution in [2.45, 2.75) is 45.1 Å². The zero-order valence-corrected chi connectivity index (χ0v) is 17.2. The Kier molecular flexibility index (Phi) is 8.83. The average molecular weight is 399 g/mol. The molecule has 0 aromatic heterocycles. The minimum Gasteiger partial charge on any atom is -0.444 e. The molecule has 0 unspecified atom stereocenters. The molecule has 0 saturated carbocycles. The van der Waals surface area contributed by atoms with Crippen LogP contribution in [0.2, 0.25) is 0 Å². The zero-order chi connectivity index (χ0) is 19.7. The van der Waals surface area contributed by atoms with Gasteiger partial charge in [-0.15, -0.1) is 11.6 Å². The van der Waals surface area contributed by atoms with Crippen LogP contribution in [0.25, 0.3) is 0 Å². The van der Waals surface area contributed by atoms with Gasteiger partial charge in [-0.05, 0) is 26.3 Å². The molecule has 1 saturated heterocycles. The van der Waals surface area contributed by atoms with Gasteiger partial charge in [0.25, 0.3) is 0 Å². The molecule has 0 bridgehead atoms. The third kappa shape index (κ3) is 8.47. The lowest BCUT2D eigenvalue weighted by molar-refractivity contribution is -0.0121. The second-order valence-electron chi connectivity index (χ2n) is 7.72.